The van der Waals surface area contributed by atoms with Crippen molar-refractivity contribution < 1.29 is 18.3 Å². The summed E-state index contributed by atoms with van der Waals surface area (Å²) in [5, 5.41) is 9.76. The number of hydrogen-bond donors (Lipinski definition) is 1. The fraction of sp³-hybridized carbons (Fsp3) is 0.357. The first-order valence-electron chi connectivity index (χ1n) is 6.69. The Balaban J connectivity index is 2.04. The number of fused-ring (bicyclic) bond motifs is 1. The average molecular weight is 308 g/mol. The van der Waals surface area contributed by atoms with E-state index >= 15 is 0 Å². The van der Waals surface area contributed by atoms with Crippen LogP contribution in [-0.2, 0) is 14.8 Å². The monoisotopic (exact) mass is 308 g/mol. The lowest BCUT2D eigenvalue weighted by atomic mass is 10.2. The molecule has 112 valence electrons. The summed E-state index contributed by atoms with van der Waals surface area (Å²) >= 11 is 0. The van der Waals surface area contributed by atoms with E-state index in [9.17, 15) is 8.42 Å². The quantitative estimate of drug-likeness (QED) is 0.899. The van der Waals surface area contributed by atoms with Gasteiger partial charge < -0.3 is 9.84 Å². The average Bonchev–Trinajstić information content (AvgIpc) is 2.54. The number of aromatic nitrogens is 1. The number of pyridine rings is 1. The number of aliphatic hydroxyl groups excluding tert-OH is 1. The van der Waals surface area contributed by atoms with E-state index in [0.29, 0.717) is 10.9 Å². The molecule has 1 saturated heterocycles. The summed E-state index contributed by atoms with van der Waals surface area (Å²) in [6.07, 6.45) is 1.16. The molecule has 1 aliphatic rings. The van der Waals surface area contributed by atoms with Crippen LogP contribution in [0.5, 0.6) is 0 Å². The SMILES string of the molecule is O=S(=O)(c1cccc2ncccc12)N1CCOC(CO)C1. The molecule has 1 aliphatic heterocycles. The van der Waals surface area contributed by atoms with E-state index in [1.807, 2.05) is 0 Å². The molecule has 1 fully saturated rings. The number of sulfonamides is 1. The summed E-state index contributed by atoms with van der Waals surface area (Å²) in [6, 6.07) is 8.52. The van der Waals surface area contributed by atoms with Crippen LogP contribution in [0.25, 0.3) is 10.9 Å². The van der Waals surface area contributed by atoms with Gasteiger partial charge in [0, 0.05) is 24.7 Å². The Hall–Kier alpha value is -1.54. The number of nitrogens with zero attached hydrogens (tertiary/aromatic N) is 2. The summed E-state index contributed by atoms with van der Waals surface area (Å²) in [6.45, 7) is 0.543. The van der Waals surface area contributed by atoms with Gasteiger partial charge in [-0.1, -0.05) is 6.07 Å². The highest BCUT2D eigenvalue weighted by atomic mass is 32.2. The maximum atomic E-state index is 12.8. The van der Waals surface area contributed by atoms with Crippen LogP contribution in [0.1, 0.15) is 0 Å². The molecule has 1 aromatic carbocycles. The lowest BCUT2D eigenvalue weighted by Gasteiger charge is -2.31. The Kier molecular flexibility index (Phi) is 3.90. The molecule has 7 heteroatoms. The number of ether oxygens (including phenoxy) is 1. The van der Waals surface area contributed by atoms with Crippen LogP contribution >= 0.6 is 0 Å². The summed E-state index contributed by atoms with van der Waals surface area (Å²) < 4.78 is 32.3. The topological polar surface area (TPSA) is 79.7 Å². The second-order valence-electron chi connectivity index (χ2n) is 4.86. The fourth-order valence-corrected chi connectivity index (χ4v) is 4.12. The predicted molar refractivity (Wildman–Crippen MR) is 77.3 cm³/mol. The van der Waals surface area contributed by atoms with Gasteiger partial charge >= 0.3 is 0 Å². The van der Waals surface area contributed by atoms with Crippen LogP contribution in [0.4, 0.5) is 0 Å². The summed E-state index contributed by atoms with van der Waals surface area (Å²) in [5.41, 5.74) is 0.644. The first-order valence-corrected chi connectivity index (χ1v) is 8.13. The van der Waals surface area contributed by atoms with Crippen molar-refractivity contribution in [2.75, 3.05) is 26.3 Å². The number of aliphatic hydroxyl groups is 1. The molecule has 6 nitrogen and oxygen atoms in total. The van der Waals surface area contributed by atoms with Crippen LogP contribution in [0.15, 0.2) is 41.4 Å². The number of morpholine rings is 1. The third kappa shape index (κ3) is 2.65. The van der Waals surface area contributed by atoms with Crippen molar-refractivity contribution in [2.45, 2.75) is 11.0 Å². The van der Waals surface area contributed by atoms with Crippen LogP contribution in [-0.4, -0.2) is 55.2 Å². The lowest BCUT2D eigenvalue weighted by molar-refractivity contribution is -0.0304. The number of benzene rings is 1. The Labute approximate surface area is 123 Å². The van der Waals surface area contributed by atoms with Gasteiger partial charge in [-0.05, 0) is 24.3 Å². The first kappa shape index (κ1) is 14.4. The predicted octanol–water partition coefficient (Wildman–Crippen LogP) is 0.617. The lowest BCUT2D eigenvalue weighted by Crippen LogP contribution is -2.46. The summed E-state index contributed by atoms with van der Waals surface area (Å²) in [7, 11) is -3.63. The largest absolute Gasteiger partial charge is 0.394 e. The second kappa shape index (κ2) is 5.69. The van der Waals surface area contributed by atoms with Crippen LogP contribution < -0.4 is 0 Å². The molecule has 1 N–H and O–H groups in total. The summed E-state index contributed by atoms with van der Waals surface area (Å²) in [4.78, 5) is 4.43. The Morgan fingerprint density at radius 3 is 3.00 bits per heavy atom. The zero-order chi connectivity index (χ0) is 14.9. The maximum Gasteiger partial charge on any atom is 0.243 e. The molecule has 3 rings (SSSR count). The van der Waals surface area contributed by atoms with Gasteiger partial charge in [-0.25, -0.2) is 8.42 Å². The zero-order valence-electron chi connectivity index (χ0n) is 11.3. The van der Waals surface area contributed by atoms with Gasteiger partial charge in [0.2, 0.25) is 10.0 Å². The van der Waals surface area contributed by atoms with Gasteiger partial charge in [-0.2, -0.15) is 4.31 Å². The van der Waals surface area contributed by atoms with Crippen LogP contribution in [0, 0.1) is 0 Å². The Bertz CT molecular complexity index is 742. The highest BCUT2D eigenvalue weighted by Gasteiger charge is 2.31. The smallest absolute Gasteiger partial charge is 0.243 e. The normalized spacial score (nSPS) is 20.7. The standard InChI is InChI=1S/C14H16N2O4S/c17-10-11-9-16(7-8-20-11)21(18,19)14-5-1-4-13-12(14)3-2-6-15-13/h1-6,11,17H,7-10H2. The molecular weight excluding hydrogens is 292 g/mol. The molecule has 1 unspecified atom stereocenters. The van der Waals surface area contributed by atoms with Gasteiger partial charge in [0.05, 0.1) is 29.7 Å². The van der Waals surface area contributed by atoms with Gasteiger partial charge in [-0.3, -0.25) is 4.98 Å². The van der Waals surface area contributed by atoms with E-state index in [0.717, 1.165) is 0 Å². The van der Waals surface area contributed by atoms with E-state index < -0.39 is 16.1 Å². The van der Waals surface area contributed by atoms with E-state index in [1.54, 1.807) is 36.5 Å². The van der Waals surface area contributed by atoms with Crippen molar-refractivity contribution in [1.82, 2.24) is 9.29 Å². The van der Waals surface area contributed by atoms with E-state index in [1.165, 1.54) is 4.31 Å². The highest BCUT2D eigenvalue weighted by molar-refractivity contribution is 7.89. The Morgan fingerprint density at radius 1 is 1.33 bits per heavy atom. The van der Waals surface area contributed by atoms with E-state index in [2.05, 4.69) is 4.98 Å². The second-order valence-corrected chi connectivity index (χ2v) is 6.77. The molecule has 21 heavy (non-hydrogen) atoms. The number of rotatable bonds is 3. The van der Waals surface area contributed by atoms with Gasteiger partial charge in [0.25, 0.3) is 0 Å². The third-order valence-corrected chi connectivity index (χ3v) is 5.45. The van der Waals surface area contributed by atoms with Crippen molar-refractivity contribution in [1.29, 1.82) is 0 Å². The highest BCUT2D eigenvalue weighted by Crippen LogP contribution is 2.25. The molecule has 0 saturated carbocycles. The molecule has 0 radical (unpaired) electrons. The van der Waals surface area contributed by atoms with Crippen LogP contribution in [0.3, 0.4) is 0 Å². The molecule has 2 heterocycles. The first-order chi connectivity index (χ1) is 10.1. The minimum atomic E-state index is -3.63. The van der Waals surface area contributed by atoms with Crippen LogP contribution in [0.2, 0.25) is 0 Å². The van der Waals surface area contributed by atoms with Crippen molar-refractivity contribution in [2.24, 2.45) is 0 Å². The third-order valence-electron chi connectivity index (χ3n) is 3.53. The molecule has 1 atom stereocenters. The van der Waals surface area contributed by atoms with Crippen molar-refractivity contribution in [3.8, 4) is 0 Å². The summed E-state index contributed by atoms with van der Waals surface area (Å²) in [5.74, 6) is 0. The Morgan fingerprint density at radius 2 is 2.19 bits per heavy atom. The maximum absolute atomic E-state index is 12.8. The molecule has 2 aromatic rings. The van der Waals surface area contributed by atoms with Crippen molar-refractivity contribution in [3.63, 3.8) is 0 Å². The van der Waals surface area contributed by atoms with Crippen molar-refractivity contribution >= 4 is 20.9 Å². The zero-order valence-corrected chi connectivity index (χ0v) is 12.2. The molecular formula is C14H16N2O4S. The number of hydrogen-bond acceptors (Lipinski definition) is 5. The molecule has 0 aliphatic carbocycles. The van der Waals surface area contributed by atoms with Gasteiger partial charge in [-0.15, -0.1) is 0 Å². The fourth-order valence-electron chi connectivity index (χ4n) is 2.46. The molecule has 0 spiro atoms. The minimum absolute atomic E-state index is 0.162. The molecule has 1 aromatic heterocycles. The minimum Gasteiger partial charge on any atom is -0.394 e. The van der Waals surface area contributed by atoms with Gasteiger partial charge in [0.15, 0.2) is 0 Å². The molecule has 0 bridgehead atoms. The van der Waals surface area contributed by atoms with E-state index in [4.69, 9.17) is 9.84 Å². The van der Waals surface area contributed by atoms with Crippen molar-refractivity contribution in [3.05, 3.63) is 36.5 Å². The molecule has 0 amide bonds. The van der Waals surface area contributed by atoms with Gasteiger partial charge in [0.1, 0.15) is 0 Å². The van der Waals surface area contributed by atoms with E-state index in [-0.39, 0.29) is 31.2 Å².